The Morgan fingerprint density at radius 1 is 1.29 bits per heavy atom. The number of non-ortho nitro benzene ring substituents is 1. The van der Waals surface area contributed by atoms with E-state index in [1.54, 1.807) is 12.1 Å². The van der Waals surface area contributed by atoms with Crippen molar-refractivity contribution >= 4 is 11.5 Å². The number of carbonyl (C=O) groups excluding carboxylic acids is 1. The number of piperidine rings is 1. The summed E-state index contributed by atoms with van der Waals surface area (Å²) in [6, 6.07) is 6.25. The molecular formula is C16H22N2O3. The highest BCUT2D eigenvalue weighted by Crippen LogP contribution is 2.27. The lowest BCUT2D eigenvalue weighted by Gasteiger charge is -2.40. The second-order valence-corrected chi connectivity index (χ2v) is 6.22. The van der Waals surface area contributed by atoms with Gasteiger partial charge in [-0.05, 0) is 37.3 Å². The van der Waals surface area contributed by atoms with Gasteiger partial charge >= 0.3 is 0 Å². The molecule has 0 N–H and O–H groups in total. The number of hydrogen-bond donors (Lipinski definition) is 0. The van der Waals surface area contributed by atoms with Gasteiger partial charge in [0, 0.05) is 30.3 Å². The van der Waals surface area contributed by atoms with Crippen molar-refractivity contribution in [1.29, 1.82) is 0 Å². The molecule has 3 unspecified atom stereocenters. The minimum Gasteiger partial charge on any atom is -0.293 e. The topological polar surface area (TPSA) is 63.5 Å². The number of Topliss-reactive ketones (excluding diaryl/α,β-unsaturated/α-hetero) is 1. The Labute approximate surface area is 125 Å². The molecular weight excluding hydrogens is 268 g/mol. The van der Waals surface area contributed by atoms with Crippen molar-refractivity contribution in [3.05, 3.63) is 39.9 Å². The molecule has 5 nitrogen and oxygen atoms in total. The van der Waals surface area contributed by atoms with Crippen molar-refractivity contribution in [2.24, 2.45) is 11.8 Å². The van der Waals surface area contributed by atoms with Gasteiger partial charge in [-0.3, -0.25) is 19.8 Å². The first kappa shape index (κ1) is 15.6. The lowest BCUT2D eigenvalue weighted by Crippen LogP contribution is -2.47. The molecule has 0 aromatic heterocycles. The maximum Gasteiger partial charge on any atom is 0.269 e. The molecule has 21 heavy (non-hydrogen) atoms. The SMILES string of the molecule is CC1CC(C)C(C)N(CC(=O)c2ccc([N+](=O)[O-])cc2)C1. The molecule has 5 heteroatoms. The summed E-state index contributed by atoms with van der Waals surface area (Å²) in [5.74, 6) is 1.21. The lowest BCUT2D eigenvalue weighted by molar-refractivity contribution is -0.384. The Morgan fingerprint density at radius 3 is 2.48 bits per heavy atom. The standard InChI is InChI=1S/C16H22N2O3/c1-11-8-12(2)13(3)17(9-11)10-16(19)14-4-6-15(7-5-14)18(20)21/h4-7,11-13H,8-10H2,1-3H3. The summed E-state index contributed by atoms with van der Waals surface area (Å²) in [4.78, 5) is 24.7. The molecule has 0 aliphatic carbocycles. The lowest BCUT2D eigenvalue weighted by atomic mass is 9.86. The average Bonchev–Trinajstić information content (AvgIpc) is 2.44. The molecule has 1 aliphatic heterocycles. The van der Waals surface area contributed by atoms with Crippen LogP contribution in [0.2, 0.25) is 0 Å². The second kappa shape index (κ2) is 6.35. The smallest absolute Gasteiger partial charge is 0.269 e. The molecule has 2 rings (SSSR count). The molecule has 1 aliphatic rings. The first-order valence-corrected chi connectivity index (χ1v) is 7.40. The van der Waals surface area contributed by atoms with Crippen molar-refractivity contribution in [3.8, 4) is 0 Å². The number of ketones is 1. The molecule has 0 saturated carbocycles. The van der Waals surface area contributed by atoms with Gasteiger partial charge in [-0.15, -0.1) is 0 Å². The van der Waals surface area contributed by atoms with Crippen LogP contribution in [0.4, 0.5) is 5.69 Å². The zero-order valence-electron chi connectivity index (χ0n) is 12.8. The van der Waals surface area contributed by atoms with E-state index in [4.69, 9.17) is 0 Å². The van der Waals surface area contributed by atoms with Gasteiger partial charge in [0.2, 0.25) is 0 Å². The van der Waals surface area contributed by atoms with E-state index in [9.17, 15) is 14.9 Å². The first-order chi connectivity index (χ1) is 9.88. The van der Waals surface area contributed by atoms with E-state index < -0.39 is 4.92 Å². The molecule has 1 fully saturated rings. The first-order valence-electron chi connectivity index (χ1n) is 7.40. The Balaban J connectivity index is 2.05. The Hall–Kier alpha value is -1.75. The number of benzene rings is 1. The highest BCUT2D eigenvalue weighted by Gasteiger charge is 2.30. The van der Waals surface area contributed by atoms with Crippen molar-refractivity contribution in [3.63, 3.8) is 0 Å². The van der Waals surface area contributed by atoms with Crippen LogP contribution in [0, 0.1) is 22.0 Å². The van der Waals surface area contributed by atoms with Gasteiger partial charge in [0.1, 0.15) is 0 Å². The average molecular weight is 290 g/mol. The van der Waals surface area contributed by atoms with Crippen LogP contribution in [0.1, 0.15) is 37.6 Å². The van der Waals surface area contributed by atoms with Crippen molar-refractivity contribution in [1.82, 2.24) is 4.90 Å². The fourth-order valence-corrected chi connectivity index (χ4v) is 3.09. The van der Waals surface area contributed by atoms with Crippen molar-refractivity contribution in [2.45, 2.75) is 33.2 Å². The van der Waals surface area contributed by atoms with Crippen LogP contribution in [0.15, 0.2) is 24.3 Å². The van der Waals surface area contributed by atoms with Gasteiger partial charge in [0.15, 0.2) is 5.78 Å². The van der Waals surface area contributed by atoms with Crippen molar-refractivity contribution in [2.75, 3.05) is 13.1 Å². The number of nitrogens with zero attached hydrogens (tertiary/aromatic N) is 2. The van der Waals surface area contributed by atoms with E-state index in [2.05, 4.69) is 25.7 Å². The normalized spacial score (nSPS) is 26.5. The van der Waals surface area contributed by atoms with E-state index in [1.165, 1.54) is 18.6 Å². The van der Waals surface area contributed by atoms with Crippen LogP contribution in [0.25, 0.3) is 0 Å². The minimum absolute atomic E-state index is 0.0140. The molecule has 114 valence electrons. The van der Waals surface area contributed by atoms with E-state index in [-0.39, 0.29) is 11.5 Å². The summed E-state index contributed by atoms with van der Waals surface area (Å²) in [5, 5.41) is 10.6. The number of nitro groups is 1. The van der Waals surface area contributed by atoms with Crippen LogP contribution in [-0.2, 0) is 0 Å². The second-order valence-electron chi connectivity index (χ2n) is 6.22. The van der Waals surface area contributed by atoms with Gasteiger partial charge < -0.3 is 0 Å². The van der Waals surface area contributed by atoms with Gasteiger partial charge in [0.05, 0.1) is 11.5 Å². The fraction of sp³-hybridized carbons (Fsp3) is 0.562. The van der Waals surface area contributed by atoms with Crippen molar-refractivity contribution < 1.29 is 9.72 Å². The maximum absolute atomic E-state index is 12.3. The quantitative estimate of drug-likeness (QED) is 0.485. The zero-order chi connectivity index (χ0) is 15.6. The molecule has 0 radical (unpaired) electrons. The van der Waals surface area contributed by atoms with Crippen LogP contribution in [-0.4, -0.2) is 34.7 Å². The third-order valence-electron chi connectivity index (χ3n) is 4.47. The van der Waals surface area contributed by atoms with Crippen LogP contribution < -0.4 is 0 Å². The minimum atomic E-state index is -0.454. The maximum atomic E-state index is 12.3. The van der Waals surface area contributed by atoms with Gasteiger partial charge in [-0.2, -0.15) is 0 Å². The Bertz CT molecular complexity index is 527. The molecule has 0 amide bonds. The van der Waals surface area contributed by atoms with Crippen LogP contribution >= 0.6 is 0 Å². The van der Waals surface area contributed by atoms with Gasteiger partial charge in [-0.25, -0.2) is 0 Å². The van der Waals surface area contributed by atoms with Gasteiger partial charge in [-0.1, -0.05) is 13.8 Å². The van der Waals surface area contributed by atoms with E-state index in [0.29, 0.717) is 30.0 Å². The summed E-state index contributed by atoms with van der Waals surface area (Å²) in [6.07, 6.45) is 1.20. The van der Waals surface area contributed by atoms with E-state index in [0.717, 1.165) is 6.54 Å². The third kappa shape index (κ3) is 3.67. The summed E-state index contributed by atoms with van der Waals surface area (Å²) in [5.41, 5.74) is 0.554. The number of likely N-dealkylation sites (tertiary alicyclic amines) is 1. The highest BCUT2D eigenvalue weighted by atomic mass is 16.6. The number of hydrogen-bond acceptors (Lipinski definition) is 4. The number of carbonyl (C=O) groups is 1. The van der Waals surface area contributed by atoms with E-state index in [1.807, 2.05) is 0 Å². The molecule has 1 aromatic carbocycles. The molecule has 0 spiro atoms. The summed E-state index contributed by atoms with van der Waals surface area (Å²) >= 11 is 0. The Kier molecular flexibility index (Phi) is 4.73. The fourth-order valence-electron chi connectivity index (χ4n) is 3.09. The highest BCUT2D eigenvalue weighted by molar-refractivity contribution is 5.97. The molecule has 3 atom stereocenters. The summed E-state index contributed by atoms with van der Waals surface area (Å²) in [7, 11) is 0. The largest absolute Gasteiger partial charge is 0.293 e. The molecule has 1 saturated heterocycles. The molecule has 1 aromatic rings. The molecule has 1 heterocycles. The monoisotopic (exact) mass is 290 g/mol. The molecule has 0 bridgehead atoms. The van der Waals surface area contributed by atoms with E-state index >= 15 is 0 Å². The Morgan fingerprint density at radius 2 is 1.90 bits per heavy atom. The van der Waals surface area contributed by atoms with Crippen LogP contribution in [0.5, 0.6) is 0 Å². The third-order valence-corrected chi connectivity index (χ3v) is 4.47. The number of nitro benzene ring substituents is 1. The summed E-state index contributed by atoms with van der Waals surface area (Å²) < 4.78 is 0. The van der Waals surface area contributed by atoms with Gasteiger partial charge in [0.25, 0.3) is 5.69 Å². The zero-order valence-corrected chi connectivity index (χ0v) is 12.8. The number of rotatable bonds is 4. The van der Waals surface area contributed by atoms with Crippen LogP contribution in [0.3, 0.4) is 0 Å². The predicted molar refractivity (Wildman–Crippen MR) is 81.4 cm³/mol. The predicted octanol–water partition coefficient (Wildman–Crippen LogP) is 3.14. The summed E-state index contributed by atoms with van der Waals surface area (Å²) in [6.45, 7) is 7.92.